The summed E-state index contributed by atoms with van der Waals surface area (Å²) < 4.78 is 23.1. The maximum absolute atomic E-state index is 13.0. The zero-order chi connectivity index (χ0) is 19.2. The van der Waals surface area contributed by atoms with Crippen LogP contribution in [-0.2, 0) is 4.74 Å². The van der Waals surface area contributed by atoms with Gasteiger partial charge in [0.2, 0.25) is 5.75 Å². The molecule has 6 nitrogen and oxygen atoms in total. The van der Waals surface area contributed by atoms with E-state index in [9.17, 15) is 4.79 Å². The zero-order valence-electron chi connectivity index (χ0n) is 16.7. The van der Waals surface area contributed by atoms with E-state index < -0.39 is 0 Å². The van der Waals surface area contributed by atoms with Gasteiger partial charge in [0.1, 0.15) is 0 Å². The number of ether oxygens (including phenoxy) is 4. The van der Waals surface area contributed by atoms with Crippen molar-refractivity contribution in [3.8, 4) is 17.2 Å². The first kappa shape index (κ1) is 19.8. The van der Waals surface area contributed by atoms with Crippen LogP contribution >= 0.6 is 0 Å². The van der Waals surface area contributed by atoms with E-state index in [1.165, 1.54) is 12.8 Å². The molecular weight excluding hydrogens is 346 g/mol. The minimum atomic E-state index is -0.0162. The van der Waals surface area contributed by atoms with Crippen LogP contribution in [0.15, 0.2) is 12.1 Å². The Bertz CT molecular complexity index is 616. The van der Waals surface area contributed by atoms with Crippen molar-refractivity contribution in [1.82, 2.24) is 4.90 Å². The molecule has 1 saturated carbocycles. The van der Waals surface area contributed by atoms with Gasteiger partial charge in [0.05, 0.1) is 25.9 Å². The first-order valence-electron chi connectivity index (χ1n) is 10.1. The molecule has 2 aliphatic rings. The summed E-state index contributed by atoms with van der Waals surface area (Å²) in [5, 5.41) is 0. The first-order chi connectivity index (χ1) is 13.2. The molecule has 1 aliphatic carbocycles. The van der Waals surface area contributed by atoms with Crippen LogP contribution in [0.4, 0.5) is 0 Å². The van der Waals surface area contributed by atoms with Gasteiger partial charge in [-0.25, -0.2) is 0 Å². The van der Waals surface area contributed by atoms with E-state index in [2.05, 4.69) is 0 Å². The summed E-state index contributed by atoms with van der Waals surface area (Å²) in [5.74, 6) is 2.38. The Hall–Kier alpha value is -1.95. The largest absolute Gasteiger partial charge is 0.490 e. The molecule has 6 heteroatoms. The van der Waals surface area contributed by atoms with Crippen molar-refractivity contribution in [1.29, 1.82) is 0 Å². The summed E-state index contributed by atoms with van der Waals surface area (Å²) in [4.78, 5) is 14.9. The van der Waals surface area contributed by atoms with Crippen molar-refractivity contribution in [2.75, 3.05) is 39.5 Å². The van der Waals surface area contributed by atoms with Crippen LogP contribution in [0.2, 0.25) is 0 Å². The molecule has 1 aromatic carbocycles. The third kappa shape index (κ3) is 5.06. The molecule has 1 aromatic rings. The second-order valence-electron chi connectivity index (χ2n) is 7.04. The van der Waals surface area contributed by atoms with Crippen LogP contribution in [0.3, 0.4) is 0 Å². The van der Waals surface area contributed by atoms with E-state index in [-0.39, 0.29) is 12.0 Å². The molecular formula is C21H31NO5. The zero-order valence-corrected chi connectivity index (χ0v) is 16.7. The smallest absolute Gasteiger partial charge is 0.254 e. The van der Waals surface area contributed by atoms with Crippen LogP contribution in [0.5, 0.6) is 17.2 Å². The van der Waals surface area contributed by atoms with Crippen molar-refractivity contribution in [2.24, 2.45) is 5.92 Å². The minimum absolute atomic E-state index is 0.0162. The van der Waals surface area contributed by atoms with Gasteiger partial charge in [0, 0.05) is 25.3 Å². The highest BCUT2D eigenvalue weighted by Crippen LogP contribution is 2.39. The van der Waals surface area contributed by atoms with E-state index in [4.69, 9.17) is 18.9 Å². The van der Waals surface area contributed by atoms with Crippen LogP contribution < -0.4 is 14.2 Å². The van der Waals surface area contributed by atoms with Crippen molar-refractivity contribution in [2.45, 2.75) is 46.1 Å². The number of likely N-dealkylation sites (tertiary alicyclic amines) is 1. The summed E-state index contributed by atoms with van der Waals surface area (Å²) in [6.07, 6.45) is 3.60. The van der Waals surface area contributed by atoms with Gasteiger partial charge in [0.25, 0.3) is 5.91 Å². The molecule has 1 atom stereocenters. The highest BCUT2D eigenvalue weighted by Gasteiger charge is 2.31. The number of carbonyl (C=O) groups is 1. The van der Waals surface area contributed by atoms with Crippen LogP contribution in [0.25, 0.3) is 0 Å². The maximum Gasteiger partial charge on any atom is 0.254 e. The van der Waals surface area contributed by atoms with E-state index in [1.807, 2.05) is 25.7 Å². The molecule has 1 saturated heterocycles. The monoisotopic (exact) mass is 377 g/mol. The fourth-order valence-electron chi connectivity index (χ4n) is 3.30. The Labute approximate surface area is 161 Å². The van der Waals surface area contributed by atoms with Crippen LogP contribution in [0, 0.1) is 5.92 Å². The molecule has 1 amide bonds. The Morgan fingerprint density at radius 2 is 1.63 bits per heavy atom. The lowest BCUT2D eigenvalue weighted by Crippen LogP contribution is -2.30. The highest BCUT2D eigenvalue weighted by atomic mass is 16.5. The topological polar surface area (TPSA) is 57.2 Å². The van der Waals surface area contributed by atoms with Gasteiger partial charge in [-0.15, -0.1) is 0 Å². The van der Waals surface area contributed by atoms with Gasteiger partial charge in [-0.05, 0) is 58.1 Å². The Morgan fingerprint density at radius 3 is 2.19 bits per heavy atom. The molecule has 0 spiro atoms. The number of benzene rings is 1. The first-order valence-corrected chi connectivity index (χ1v) is 10.1. The fraction of sp³-hybridized carbons (Fsp3) is 0.667. The molecule has 0 bridgehead atoms. The van der Waals surface area contributed by atoms with Crippen molar-refractivity contribution >= 4 is 5.91 Å². The minimum Gasteiger partial charge on any atom is -0.490 e. The molecule has 1 heterocycles. The Kier molecular flexibility index (Phi) is 6.83. The SMILES string of the molecule is CCOc1cc(C(=O)N2CCC(OCC3CC3)C2)cc(OCC)c1OCC. The normalized spacial score (nSPS) is 19.2. The predicted molar refractivity (Wildman–Crippen MR) is 103 cm³/mol. The highest BCUT2D eigenvalue weighted by molar-refractivity contribution is 5.95. The molecule has 0 radical (unpaired) electrons. The van der Waals surface area contributed by atoms with E-state index in [0.717, 1.165) is 25.5 Å². The molecule has 0 N–H and O–H groups in total. The molecule has 2 fully saturated rings. The number of nitrogens with zero attached hydrogens (tertiary/aromatic N) is 1. The lowest BCUT2D eigenvalue weighted by molar-refractivity contribution is 0.0480. The standard InChI is InChI=1S/C21H31NO5/c1-4-24-18-11-16(12-19(25-5-2)20(18)26-6-3)21(23)22-10-9-17(13-22)27-14-15-7-8-15/h11-12,15,17H,4-10,13-14H2,1-3H3. The van der Waals surface area contributed by atoms with Crippen LogP contribution in [-0.4, -0.2) is 56.4 Å². The lowest BCUT2D eigenvalue weighted by atomic mass is 10.1. The summed E-state index contributed by atoms with van der Waals surface area (Å²) in [7, 11) is 0. The van der Waals surface area contributed by atoms with Crippen molar-refractivity contribution in [3.63, 3.8) is 0 Å². The summed E-state index contributed by atoms with van der Waals surface area (Å²) >= 11 is 0. The Balaban J connectivity index is 1.74. The summed E-state index contributed by atoms with van der Waals surface area (Å²) in [6, 6.07) is 3.52. The van der Waals surface area contributed by atoms with E-state index in [0.29, 0.717) is 49.2 Å². The summed E-state index contributed by atoms with van der Waals surface area (Å²) in [5.41, 5.74) is 0.563. The number of hydrogen-bond donors (Lipinski definition) is 0. The van der Waals surface area contributed by atoms with Crippen LogP contribution in [0.1, 0.15) is 50.4 Å². The van der Waals surface area contributed by atoms with Gasteiger partial charge >= 0.3 is 0 Å². The van der Waals surface area contributed by atoms with Gasteiger partial charge in [-0.3, -0.25) is 4.79 Å². The Morgan fingerprint density at radius 1 is 1.00 bits per heavy atom. The van der Waals surface area contributed by atoms with Gasteiger partial charge in [-0.2, -0.15) is 0 Å². The van der Waals surface area contributed by atoms with Crippen molar-refractivity contribution in [3.05, 3.63) is 17.7 Å². The molecule has 0 aromatic heterocycles. The van der Waals surface area contributed by atoms with E-state index in [1.54, 1.807) is 12.1 Å². The molecule has 3 rings (SSSR count). The molecule has 27 heavy (non-hydrogen) atoms. The second-order valence-corrected chi connectivity index (χ2v) is 7.04. The predicted octanol–water partition coefficient (Wildman–Crippen LogP) is 3.52. The van der Waals surface area contributed by atoms with Gasteiger partial charge < -0.3 is 23.8 Å². The third-order valence-corrected chi connectivity index (χ3v) is 4.85. The average molecular weight is 377 g/mol. The number of rotatable bonds is 10. The second kappa shape index (κ2) is 9.31. The maximum atomic E-state index is 13.0. The third-order valence-electron chi connectivity index (χ3n) is 4.85. The quantitative estimate of drug-likeness (QED) is 0.624. The lowest BCUT2D eigenvalue weighted by Gasteiger charge is -2.20. The average Bonchev–Trinajstić information content (AvgIpc) is 3.38. The number of amides is 1. The van der Waals surface area contributed by atoms with Crippen molar-refractivity contribution < 1.29 is 23.7 Å². The molecule has 1 unspecified atom stereocenters. The fourth-order valence-corrected chi connectivity index (χ4v) is 3.30. The van der Waals surface area contributed by atoms with Gasteiger partial charge in [0.15, 0.2) is 11.5 Å². The van der Waals surface area contributed by atoms with Gasteiger partial charge in [-0.1, -0.05) is 0 Å². The molecule has 1 aliphatic heterocycles. The molecule has 150 valence electrons. The van der Waals surface area contributed by atoms with E-state index >= 15 is 0 Å². The number of carbonyl (C=O) groups excluding carboxylic acids is 1. The number of hydrogen-bond acceptors (Lipinski definition) is 5. The summed E-state index contributed by atoms with van der Waals surface area (Å²) in [6.45, 7) is 9.41.